The lowest BCUT2D eigenvalue weighted by molar-refractivity contribution is -0.121. The molecule has 118 valence electrons. The molecule has 0 bridgehead atoms. The number of nitrogens with zero attached hydrogens (tertiary/aromatic N) is 3. The molecule has 2 heterocycles. The van der Waals surface area contributed by atoms with E-state index >= 15 is 0 Å². The van der Waals surface area contributed by atoms with E-state index < -0.39 is 0 Å². The summed E-state index contributed by atoms with van der Waals surface area (Å²) in [6.07, 6.45) is 1.33. The van der Waals surface area contributed by atoms with E-state index in [4.69, 9.17) is 0 Å². The number of nitrogens with one attached hydrogen (secondary N) is 1. The zero-order valence-electron chi connectivity index (χ0n) is 13.3. The summed E-state index contributed by atoms with van der Waals surface area (Å²) in [4.78, 5) is 21.2. The summed E-state index contributed by atoms with van der Waals surface area (Å²) >= 11 is 1.58. The van der Waals surface area contributed by atoms with Crippen LogP contribution < -0.4 is 5.32 Å². The van der Waals surface area contributed by atoms with Crippen molar-refractivity contribution in [1.82, 2.24) is 20.1 Å². The molecule has 1 saturated heterocycles. The molecule has 0 saturated carbocycles. The van der Waals surface area contributed by atoms with Gasteiger partial charge < -0.3 is 10.2 Å². The minimum atomic E-state index is 0.0774. The standard InChI is InChI=1S/C15H26N4OS/c1-4-13-11-21-15(17-13)9-14(20)16-12(2)10-19-7-5-18(3)6-8-19/h11-12H,4-10H2,1-3H3,(H,16,20)/t12-/m1/s1. The van der Waals surface area contributed by atoms with Gasteiger partial charge in [-0.2, -0.15) is 0 Å². The molecule has 0 spiro atoms. The molecule has 1 amide bonds. The second-order valence-corrected chi connectivity index (χ2v) is 6.78. The van der Waals surface area contributed by atoms with E-state index in [1.54, 1.807) is 11.3 Å². The van der Waals surface area contributed by atoms with Gasteiger partial charge in [-0.05, 0) is 20.4 Å². The third kappa shape index (κ3) is 5.37. The van der Waals surface area contributed by atoms with Crippen LogP contribution in [0.25, 0.3) is 0 Å². The summed E-state index contributed by atoms with van der Waals surface area (Å²) in [7, 11) is 2.15. The Labute approximate surface area is 131 Å². The van der Waals surface area contributed by atoms with Gasteiger partial charge in [-0.1, -0.05) is 6.92 Å². The van der Waals surface area contributed by atoms with E-state index in [-0.39, 0.29) is 11.9 Å². The fourth-order valence-electron chi connectivity index (χ4n) is 2.52. The second kappa shape index (κ2) is 7.87. The lowest BCUT2D eigenvalue weighted by Crippen LogP contribution is -2.49. The normalized spacial score (nSPS) is 18.6. The molecular formula is C15H26N4OS. The number of carbonyl (C=O) groups excluding carboxylic acids is 1. The van der Waals surface area contributed by atoms with Gasteiger partial charge in [0.2, 0.25) is 5.91 Å². The monoisotopic (exact) mass is 310 g/mol. The van der Waals surface area contributed by atoms with Crippen LogP contribution in [0, 0.1) is 0 Å². The highest BCUT2D eigenvalue weighted by Crippen LogP contribution is 2.11. The van der Waals surface area contributed by atoms with Crippen LogP contribution in [0.3, 0.4) is 0 Å². The predicted octanol–water partition coefficient (Wildman–Crippen LogP) is 1.00. The Balaban J connectivity index is 1.71. The second-order valence-electron chi connectivity index (χ2n) is 5.84. The summed E-state index contributed by atoms with van der Waals surface area (Å²) in [5.74, 6) is 0.0774. The van der Waals surface area contributed by atoms with E-state index in [0.717, 1.165) is 49.8 Å². The summed E-state index contributed by atoms with van der Waals surface area (Å²) in [6.45, 7) is 9.48. The molecule has 6 heteroatoms. The molecule has 21 heavy (non-hydrogen) atoms. The lowest BCUT2D eigenvalue weighted by atomic mass is 10.2. The zero-order chi connectivity index (χ0) is 15.2. The number of rotatable bonds is 6. The molecule has 1 aliphatic rings. The molecule has 0 radical (unpaired) electrons. The molecule has 1 aromatic heterocycles. The number of hydrogen-bond acceptors (Lipinski definition) is 5. The summed E-state index contributed by atoms with van der Waals surface area (Å²) in [6, 6.07) is 0.187. The molecule has 1 aromatic rings. The van der Waals surface area contributed by atoms with Crippen LogP contribution in [0.15, 0.2) is 5.38 Å². The maximum Gasteiger partial charge on any atom is 0.227 e. The van der Waals surface area contributed by atoms with Gasteiger partial charge in [0.25, 0.3) is 0 Å². The van der Waals surface area contributed by atoms with Gasteiger partial charge in [0.1, 0.15) is 5.01 Å². The molecule has 1 atom stereocenters. The van der Waals surface area contributed by atoms with Gasteiger partial charge in [0, 0.05) is 44.1 Å². The molecular weight excluding hydrogens is 284 g/mol. The fraction of sp³-hybridized carbons (Fsp3) is 0.733. The number of hydrogen-bond donors (Lipinski definition) is 1. The van der Waals surface area contributed by atoms with Crippen molar-refractivity contribution in [2.45, 2.75) is 32.7 Å². The van der Waals surface area contributed by atoms with Crippen molar-refractivity contribution in [3.8, 4) is 0 Å². The first-order chi connectivity index (χ1) is 10.1. The number of likely N-dealkylation sites (N-methyl/N-ethyl adjacent to an activating group) is 1. The minimum Gasteiger partial charge on any atom is -0.352 e. The van der Waals surface area contributed by atoms with Gasteiger partial charge in [-0.25, -0.2) is 4.98 Å². The first kappa shape index (κ1) is 16.4. The first-order valence-corrected chi connectivity index (χ1v) is 8.58. The van der Waals surface area contributed by atoms with Crippen LogP contribution in [-0.2, 0) is 17.6 Å². The number of piperazine rings is 1. The maximum atomic E-state index is 12.0. The highest BCUT2D eigenvalue weighted by atomic mass is 32.1. The fourth-order valence-corrected chi connectivity index (χ4v) is 3.39. The largest absolute Gasteiger partial charge is 0.352 e. The van der Waals surface area contributed by atoms with Crippen molar-refractivity contribution < 1.29 is 4.79 Å². The van der Waals surface area contributed by atoms with Gasteiger partial charge in [-0.15, -0.1) is 11.3 Å². The van der Waals surface area contributed by atoms with E-state index in [2.05, 4.69) is 41.0 Å². The van der Waals surface area contributed by atoms with Crippen molar-refractivity contribution >= 4 is 17.2 Å². The Bertz CT molecular complexity index is 454. The number of amides is 1. The molecule has 1 aliphatic heterocycles. The molecule has 1 fully saturated rings. The SMILES string of the molecule is CCc1csc(CC(=O)N[C@H](C)CN2CCN(C)CC2)n1. The van der Waals surface area contributed by atoms with Crippen LogP contribution in [0.5, 0.6) is 0 Å². The molecule has 1 N–H and O–H groups in total. The van der Waals surface area contributed by atoms with E-state index in [0.29, 0.717) is 6.42 Å². The number of carbonyl (C=O) groups is 1. The van der Waals surface area contributed by atoms with Crippen LogP contribution in [0.4, 0.5) is 0 Å². The smallest absolute Gasteiger partial charge is 0.227 e. The van der Waals surface area contributed by atoms with Crippen molar-refractivity contribution in [2.75, 3.05) is 39.8 Å². The Hall–Kier alpha value is -0.980. The quantitative estimate of drug-likeness (QED) is 0.852. The minimum absolute atomic E-state index is 0.0774. The number of aromatic nitrogens is 1. The number of thiazole rings is 1. The molecule has 5 nitrogen and oxygen atoms in total. The van der Waals surface area contributed by atoms with Crippen LogP contribution in [-0.4, -0.2) is 66.5 Å². The maximum absolute atomic E-state index is 12.0. The van der Waals surface area contributed by atoms with Crippen molar-refractivity contribution in [2.24, 2.45) is 0 Å². The highest BCUT2D eigenvalue weighted by molar-refractivity contribution is 7.09. The van der Waals surface area contributed by atoms with Crippen LogP contribution in [0.1, 0.15) is 24.5 Å². The van der Waals surface area contributed by atoms with Crippen molar-refractivity contribution in [3.63, 3.8) is 0 Å². The average Bonchev–Trinajstić information content (AvgIpc) is 2.88. The van der Waals surface area contributed by atoms with Crippen LogP contribution >= 0.6 is 11.3 Å². The van der Waals surface area contributed by atoms with E-state index in [1.165, 1.54) is 0 Å². The third-order valence-electron chi connectivity index (χ3n) is 3.81. The Kier molecular flexibility index (Phi) is 6.14. The Morgan fingerprint density at radius 3 is 2.76 bits per heavy atom. The summed E-state index contributed by atoms with van der Waals surface area (Å²) in [5, 5.41) is 6.04. The Morgan fingerprint density at radius 2 is 2.14 bits per heavy atom. The molecule has 0 aromatic carbocycles. The van der Waals surface area contributed by atoms with Crippen molar-refractivity contribution in [1.29, 1.82) is 0 Å². The van der Waals surface area contributed by atoms with E-state index in [1.807, 2.05) is 5.38 Å². The molecule has 2 rings (SSSR count). The van der Waals surface area contributed by atoms with E-state index in [9.17, 15) is 4.79 Å². The topological polar surface area (TPSA) is 48.5 Å². The molecule has 0 aliphatic carbocycles. The van der Waals surface area contributed by atoms with Crippen molar-refractivity contribution in [3.05, 3.63) is 16.1 Å². The predicted molar refractivity (Wildman–Crippen MR) is 86.7 cm³/mol. The molecule has 0 unspecified atom stereocenters. The lowest BCUT2D eigenvalue weighted by Gasteiger charge is -2.34. The zero-order valence-corrected chi connectivity index (χ0v) is 14.1. The Morgan fingerprint density at radius 1 is 1.43 bits per heavy atom. The first-order valence-electron chi connectivity index (χ1n) is 7.70. The summed E-state index contributed by atoms with van der Waals surface area (Å²) < 4.78 is 0. The van der Waals surface area contributed by atoms with Gasteiger partial charge >= 0.3 is 0 Å². The van der Waals surface area contributed by atoms with Gasteiger partial charge in [0.15, 0.2) is 0 Å². The highest BCUT2D eigenvalue weighted by Gasteiger charge is 2.17. The van der Waals surface area contributed by atoms with Gasteiger partial charge in [0.05, 0.1) is 12.1 Å². The third-order valence-corrected chi connectivity index (χ3v) is 4.71. The number of aryl methyl sites for hydroxylation is 1. The van der Waals surface area contributed by atoms with Gasteiger partial charge in [-0.3, -0.25) is 9.69 Å². The van der Waals surface area contributed by atoms with Crippen LogP contribution in [0.2, 0.25) is 0 Å². The summed E-state index contributed by atoms with van der Waals surface area (Å²) in [5.41, 5.74) is 1.08. The average molecular weight is 310 g/mol.